The second-order valence-corrected chi connectivity index (χ2v) is 4.25. The summed E-state index contributed by atoms with van der Waals surface area (Å²) in [6.07, 6.45) is 1.92. The van der Waals surface area contributed by atoms with Crippen molar-refractivity contribution < 1.29 is 9.90 Å². The SMILES string of the molecule is CC(C)n1ccc(CSCC(=O)O)n1. The molecule has 0 fully saturated rings. The Balaban J connectivity index is 2.40. The van der Waals surface area contributed by atoms with E-state index < -0.39 is 5.97 Å². The zero-order valence-electron chi connectivity index (χ0n) is 8.30. The van der Waals surface area contributed by atoms with E-state index >= 15 is 0 Å². The third-order valence-corrected chi connectivity index (χ3v) is 2.62. The molecule has 1 rings (SSSR count). The molecule has 0 atom stereocenters. The summed E-state index contributed by atoms with van der Waals surface area (Å²) in [7, 11) is 0. The Labute approximate surface area is 87.3 Å². The largest absolute Gasteiger partial charge is 0.481 e. The number of aliphatic carboxylic acids is 1. The first-order valence-electron chi connectivity index (χ1n) is 4.43. The quantitative estimate of drug-likeness (QED) is 0.811. The predicted molar refractivity (Wildman–Crippen MR) is 56.4 cm³/mol. The molecule has 0 radical (unpaired) electrons. The van der Waals surface area contributed by atoms with Gasteiger partial charge >= 0.3 is 5.97 Å². The number of carboxylic acid groups (broad SMARTS) is 1. The number of thioether (sulfide) groups is 1. The van der Waals surface area contributed by atoms with E-state index in [1.54, 1.807) is 0 Å². The molecule has 1 aromatic rings. The van der Waals surface area contributed by atoms with Crippen molar-refractivity contribution in [3.8, 4) is 0 Å². The first-order valence-corrected chi connectivity index (χ1v) is 5.58. The van der Waals surface area contributed by atoms with Crippen LogP contribution < -0.4 is 0 Å². The fraction of sp³-hybridized carbons (Fsp3) is 0.556. The molecule has 1 aromatic heterocycles. The van der Waals surface area contributed by atoms with E-state index in [1.807, 2.05) is 16.9 Å². The maximum absolute atomic E-state index is 10.3. The van der Waals surface area contributed by atoms with Gasteiger partial charge in [0.05, 0.1) is 11.4 Å². The van der Waals surface area contributed by atoms with Crippen molar-refractivity contribution >= 4 is 17.7 Å². The first-order chi connectivity index (χ1) is 6.59. The van der Waals surface area contributed by atoms with Crippen molar-refractivity contribution in [2.24, 2.45) is 0 Å². The lowest BCUT2D eigenvalue weighted by Gasteiger charge is -2.03. The summed E-state index contributed by atoms with van der Waals surface area (Å²) >= 11 is 1.36. The summed E-state index contributed by atoms with van der Waals surface area (Å²) in [5.74, 6) is 0.0129. The minimum Gasteiger partial charge on any atom is -0.481 e. The summed E-state index contributed by atoms with van der Waals surface area (Å²) in [5, 5.41) is 12.7. The Morgan fingerprint density at radius 2 is 2.43 bits per heavy atom. The van der Waals surface area contributed by atoms with E-state index in [0.717, 1.165) is 5.69 Å². The van der Waals surface area contributed by atoms with Gasteiger partial charge < -0.3 is 5.11 Å². The fourth-order valence-corrected chi connectivity index (χ4v) is 1.62. The van der Waals surface area contributed by atoms with Crippen LogP contribution in [0.4, 0.5) is 0 Å². The zero-order chi connectivity index (χ0) is 10.6. The summed E-state index contributed by atoms with van der Waals surface area (Å²) in [4.78, 5) is 10.3. The molecule has 0 aliphatic rings. The summed E-state index contributed by atoms with van der Waals surface area (Å²) in [6, 6.07) is 2.28. The van der Waals surface area contributed by atoms with E-state index in [1.165, 1.54) is 11.8 Å². The van der Waals surface area contributed by atoms with E-state index in [2.05, 4.69) is 18.9 Å². The molecule has 0 aliphatic heterocycles. The highest BCUT2D eigenvalue weighted by molar-refractivity contribution is 7.99. The fourth-order valence-electron chi connectivity index (χ4n) is 0.985. The van der Waals surface area contributed by atoms with Crippen LogP contribution in [0, 0.1) is 0 Å². The molecule has 1 heterocycles. The average Bonchev–Trinajstić information content (AvgIpc) is 2.52. The molecule has 0 bridgehead atoms. The monoisotopic (exact) mass is 214 g/mol. The van der Waals surface area contributed by atoms with E-state index in [-0.39, 0.29) is 5.75 Å². The standard InChI is InChI=1S/C9H14N2O2S/c1-7(2)11-4-3-8(10-11)5-14-6-9(12)13/h3-4,7H,5-6H2,1-2H3,(H,12,13). The van der Waals surface area contributed by atoms with Crippen molar-refractivity contribution in [2.75, 3.05) is 5.75 Å². The van der Waals surface area contributed by atoms with E-state index in [4.69, 9.17) is 5.11 Å². The van der Waals surface area contributed by atoms with Gasteiger partial charge in [-0.15, -0.1) is 11.8 Å². The second kappa shape index (κ2) is 5.05. The highest BCUT2D eigenvalue weighted by Gasteiger charge is 2.03. The summed E-state index contributed by atoms with van der Waals surface area (Å²) in [5.41, 5.74) is 0.935. The van der Waals surface area contributed by atoms with Crippen LogP contribution in [0.15, 0.2) is 12.3 Å². The third kappa shape index (κ3) is 3.41. The maximum Gasteiger partial charge on any atom is 0.313 e. The Kier molecular flexibility index (Phi) is 4.00. The number of aromatic nitrogens is 2. The van der Waals surface area contributed by atoms with Crippen molar-refractivity contribution in [3.63, 3.8) is 0 Å². The van der Waals surface area contributed by atoms with Gasteiger partial charge in [-0.1, -0.05) is 0 Å². The lowest BCUT2D eigenvalue weighted by molar-refractivity contribution is -0.133. The Bertz CT molecular complexity index is 310. The number of nitrogens with zero attached hydrogens (tertiary/aromatic N) is 2. The molecule has 4 nitrogen and oxygen atoms in total. The molecule has 0 aromatic carbocycles. The van der Waals surface area contributed by atoms with E-state index in [0.29, 0.717) is 11.8 Å². The molecule has 0 spiro atoms. The molecule has 0 unspecified atom stereocenters. The van der Waals surface area contributed by atoms with Gasteiger partial charge in [0.15, 0.2) is 0 Å². The number of hydrogen-bond donors (Lipinski definition) is 1. The molecular formula is C9H14N2O2S. The van der Waals surface area contributed by atoms with Crippen LogP contribution >= 0.6 is 11.8 Å². The molecule has 0 saturated carbocycles. The van der Waals surface area contributed by atoms with Crippen molar-refractivity contribution in [3.05, 3.63) is 18.0 Å². The molecule has 14 heavy (non-hydrogen) atoms. The molecule has 0 saturated heterocycles. The van der Waals surface area contributed by atoms with Crippen LogP contribution in [-0.2, 0) is 10.5 Å². The van der Waals surface area contributed by atoms with Gasteiger partial charge in [0.25, 0.3) is 0 Å². The highest BCUT2D eigenvalue weighted by atomic mass is 32.2. The maximum atomic E-state index is 10.3. The minimum absolute atomic E-state index is 0.133. The van der Waals surface area contributed by atoms with Gasteiger partial charge in [0.1, 0.15) is 0 Å². The number of rotatable bonds is 5. The third-order valence-electron chi connectivity index (χ3n) is 1.67. The summed E-state index contributed by atoms with van der Waals surface area (Å²) in [6.45, 7) is 4.11. The van der Waals surface area contributed by atoms with Crippen LogP contribution in [0.1, 0.15) is 25.6 Å². The lowest BCUT2D eigenvalue weighted by Crippen LogP contribution is -2.02. The van der Waals surface area contributed by atoms with Gasteiger partial charge in [-0.3, -0.25) is 9.48 Å². The minimum atomic E-state index is -0.779. The van der Waals surface area contributed by atoms with Crippen LogP contribution in [0.3, 0.4) is 0 Å². The number of hydrogen-bond acceptors (Lipinski definition) is 3. The van der Waals surface area contributed by atoms with Crippen LogP contribution in [0.25, 0.3) is 0 Å². The zero-order valence-corrected chi connectivity index (χ0v) is 9.12. The van der Waals surface area contributed by atoms with Crippen molar-refractivity contribution in [1.29, 1.82) is 0 Å². The Hall–Kier alpha value is -0.970. The smallest absolute Gasteiger partial charge is 0.313 e. The number of carboxylic acids is 1. The Morgan fingerprint density at radius 3 is 2.93 bits per heavy atom. The first kappa shape index (κ1) is 11.1. The molecule has 0 aliphatic carbocycles. The van der Waals surface area contributed by atoms with Crippen LogP contribution in [0.2, 0.25) is 0 Å². The molecule has 1 N–H and O–H groups in total. The molecule has 5 heteroatoms. The number of carbonyl (C=O) groups is 1. The van der Waals surface area contributed by atoms with Gasteiger partial charge in [0.2, 0.25) is 0 Å². The predicted octanol–water partition coefficient (Wildman–Crippen LogP) is 1.78. The van der Waals surface area contributed by atoms with Gasteiger partial charge in [-0.2, -0.15) is 5.10 Å². The van der Waals surface area contributed by atoms with Gasteiger partial charge in [-0.25, -0.2) is 0 Å². The topological polar surface area (TPSA) is 55.1 Å². The van der Waals surface area contributed by atoms with Crippen molar-refractivity contribution in [2.45, 2.75) is 25.6 Å². The van der Waals surface area contributed by atoms with Gasteiger partial charge in [0, 0.05) is 18.0 Å². The molecular weight excluding hydrogens is 200 g/mol. The van der Waals surface area contributed by atoms with Crippen LogP contribution in [-0.4, -0.2) is 26.6 Å². The lowest BCUT2D eigenvalue weighted by atomic mass is 10.4. The van der Waals surface area contributed by atoms with Crippen molar-refractivity contribution in [1.82, 2.24) is 9.78 Å². The summed E-state index contributed by atoms with van der Waals surface area (Å²) < 4.78 is 1.87. The second-order valence-electron chi connectivity index (χ2n) is 3.27. The average molecular weight is 214 g/mol. The van der Waals surface area contributed by atoms with Gasteiger partial charge in [-0.05, 0) is 19.9 Å². The highest BCUT2D eigenvalue weighted by Crippen LogP contribution is 2.11. The normalized spacial score (nSPS) is 10.8. The Morgan fingerprint density at radius 1 is 1.71 bits per heavy atom. The molecule has 78 valence electrons. The molecule has 0 amide bonds. The van der Waals surface area contributed by atoms with E-state index in [9.17, 15) is 4.79 Å². The van der Waals surface area contributed by atoms with Crippen LogP contribution in [0.5, 0.6) is 0 Å².